The molecular formula is C12H20NO5+. The number of hydrogen-bond donors (Lipinski definition) is 1. The third kappa shape index (κ3) is 2.69. The van der Waals surface area contributed by atoms with Crippen molar-refractivity contribution in [1.82, 2.24) is 0 Å². The van der Waals surface area contributed by atoms with Gasteiger partial charge >= 0.3 is 12.2 Å². The Morgan fingerprint density at radius 3 is 2.39 bits per heavy atom. The molecule has 0 saturated carbocycles. The van der Waals surface area contributed by atoms with Crippen LogP contribution in [-0.4, -0.2) is 46.2 Å². The Morgan fingerprint density at radius 2 is 1.94 bits per heavy atom. The van der Waals surface area contributed by atoms with Crippen LogP contribution in [0.5, 0.6) is 0 Å². The maximum Gasteiger partial charge on any atom is 0.527 e. The van der Waals surface area contributed by atoms with E-state index in [0.717, 1.165) is 6.42 Å². The van der Waals surface area contributed by atoms with E-state index in [1.807, 2.05) is 0 Å². The maximum atomic E-state index is 12.2. The topological polar surface area (TPSA) is 80.7 Å². The first kappa shape index (κ1) is 14.6. The lowest BCUT2D eigenvalue weighted by Gasteiger charge is -2.37. The van der Waals surface area contributed by atoms with Gasteiger partial charge in [0.05, 0.1) is 0 Å². The Morgan fingerprint density at radius 1 is 1.33 bits per heavy atom. The number of rotatable bonds is 1. The molecule has 0 aromatic heterocycles. The summed E-state index contributed by atoms with van der Waals surface area (Å²) >= 11 is 0. The number of nitrogens with zero attached hydrogens (tertiary/aromatic N) is 1. The first-order chi connectivity index (χ1) is 8.24. The van der Waals surface area contributed by atoms with Gasteiger partial charge < -0.3 is 9.84 Å². The minimum atomic E-state index is -1.32. The van der Waals surface area contributed by atoms with E-state index < -0.39 is 28.3 Å². The van der Waals surface area contributed by atoms with Crippen molar-refractivity contribution in [1.29, 1.82) is 0 Å². The second kappa shape index (κ2) is 5.06. The molecule has 0 aliphatic carbocycles. The molecular weight excluding hydrogens is 238 g/mol. The van der Waals surface area contributed by atoms with Crippen molar-refractivity contribution in [2.75, 3.05) is 6.54 Å². The van der Waals surface area contributed by atoms with Crippen molar-refractivity contribution in [3.8, 4) is 0 Å². The van der Waals surface area contributed by atoms with Crippen LogP contribution in [0.4, 0.5) is 9.59 Å². The Kier molecular flexibility index (Phi) is 4.11. The van der Waals surface area contributed by atoms with Crippen molar-refractivity contribution in [3.05, 3.63) is 0 Å². The molecule has 1 aliphatic rings. The third-order valence-electron chi connectivity index (χ3n) is 3.04. The standard InChI is InChI=1S/C12H19NO5/c1-12(2,3)18-11(17)13(10(15)16)7-5-4-6-9(13)8-14/h8-9H,4-7H2,1-3H3/p+1. The van der Waals surface area contributed by atoms with Gasteiger partial charge in [0.25, 0.3) is 0 Å². The largest absolute Gasteiger partial charge is 0.527 e. The first-order valence-corrected chi connectivity index (χ1v) is 6.04. The highest BCUT2D eigenvalue weighted by molar-refractivity contribution is 5.79. The fraction of sp³-hybridized carbons (Fsp3) is 0.750. The number of aldehydes is 1. The van der Waals surface area contributed by atoms with Crippen LogP contribution in [0.1, 0.15) is 40.0 Å². The number of carbonyl (C=O) groups is 3. The zero-order valence-corrected chi connectivity index (χ0v) is 11.0. The lowest BCUT2D eigenvalue weighted by Crippen LogP contribution is -2.66. The summed E-state index contributed by atoms with van der Waals surface area (Å²) in [5.41, 5.74) is -0.775. The van der Waals surface area contributed by atoms with Crippen molar-refractivity contribution in [2.24, 2.45) is 0 Å². The summed E-state index contributed by atoms with van der Waals surface area (Å²) < 4.78 is 4.24. The lowest BCUT2D eigenvalue weighted by molar-refractivity contribution is -0.808. The second-order valence-electron chi connectivity index (χ2n) is 5.55. The van der Waals surface area contributed by atoms with Gasteiger partial charge in [-0.15, -0.1) is 4.48 Å². The number of ether oxygens (including phenoxy) is 1. The molecule has 2 amide bonds. The van der Waals surface area contributed by atoms with E-state index in [1.54, 1.807) is 20.8 Å². The number of carboxylic acid groups (broad SMARTS) is 1. The predicted octanol–water partition coefficient (Wildman–Crippen LogP) is 2.17. The van der Waals surface area contributed by atoms with E-state index in [-0.39, 0.29) is 6.54 Å². The van der Waals surface area contributed by atoms with Crippen molar-refractivity contribution in [2.45, 2.75) is 51.7 Å². The lowest BCUT2D eigenvalue weighted by atomic mass is 10.0. The summed E-state index contributed by atoms with van der Waals surface area (Å²) in [5.74, 6) is 0. The molecule has 2 unspecified atom stereocenters. The summed E-state index contributed by atoms with van der Waals surface area (Å²) in [5, 5.41) is 9.37. The second-order valence-corrected chi connectivity index (χ2v) is 5.55. The van der Waals surface area contributed by atoms with Crippen LogP contribution < -0.4 is 0 Å². The van der Waals surface area contributed by atoms with Crippen LogP contribution in [0.15, 0.2) is 0 Å². The molecule has 102 valence electrons. The molecule has 1 fully saturated rings. The number of quaternary nitrogens is 1. The van der Waals surface area contributed by atoms with Crippen molar-refractivity contribution >= 4 is 18.5 Å². The molecule has 1 aliphatic heterocycles. The van der Waals surface area contributed by atoms with Crippen LogP contribution in [0.25, 0.3) is 0 Å². The van der Waals surface area contributed by atoms with E-state index in [9.17, 15) is 19.5 Å². The molecule has 0 aromatic carbocycles. The minimum absolute atomic E-state index is 0.105. The van der Waals surface area contributed by atoms with Crippen LogP contribution in [0, 0.1) is 0 Å². The Hall–Kier alpha value is -1.43. The van der Waals surface area contributed by atoms with E-state index >= 15 is 0 Å². The van der Waals surface area contributed by atoms with Crippen molar-refractivity contribution < 1.29 is 28.7 Å². The fourth-order valence-electron chi connectivity index (χ4n) is 2.16. The molecule has 0 aromatic rings. The van der Waals surface area contributed by atoms with E-state index in [1.165, 1.54) is 0 Å². The average Bonchev–Trinajstić information content (AvgIpc) is 2.25. The van der Waals surface area contributed by atoms with Crippen molar-refractivity contribution in [3.63, 3.8) is 0 Å². The number of likely N-dealkylation sites (tertiary alicyclic amines) is 1. The van der Waals surface area contributed by atoms with E-state index in [0.29, 0.717) is 19.1 Å². The number of carbonyl (C=O) groups excluding carboxylic acids is 2. The molecule has 6 nitrogen and oxygen atoms in total. The van der Waals surface area contributed by atoms with Crippen LogP contribution >= 0.6 is 0 Å². The number of amides is 2. The SMILES string of the molecule is CC(C)(C)OC(=O)[N+]1(C(=O)O)CCCCC1C=O. The van der Waals surface area contributed by atoms with Gasteiger partial charge in [-0.3, -0.25) is 4.79 Å². The molecule has 18 heavy (non-hydrogen) atoms. The Labute approximate surface area is 106 Å². The quantitative estimate of drug-likeness (QED) is 0.576. The molecule has 2 atom stereocenters. The average molecular weight is 258 g/mol. The molecule has 1 rings (SSSR count). The molecule has 1 saturated heterocycles. The zero-order valence-electron chi connectivity index (χ0n) is 11.0. The van der Waals surface area contributed by atoms with E-state index in [4.69, 9.17) is 4.74 Å². The number of imide groups is 1. The fourth-order valence-corrected chi connectivity index (χ4v) is 2.16. The highest BCUT2D eigenvalue weighted by atomic mass is 16.6. The van der Waals surface area contributed by atoms with Gasteiger partial charge in [0, 0.05) is 6.42 Å². The molecule has 0 spiro atoms. The number of hydrogen-bond acceptors (Lipinski definition) is 4. The third-order valence-corrected chi connectivity index (χ3v) is 3.04. The monoisotopic (exact) mass is 258 g/mol. The predicted molar refractivity (Wildman–Crippen MR) is 63.1 cm³/mol. The Bertz CT molecular complexity index is 360. The maximum absolute atomic E-state index is 12.2. The smallest absolute Gasteiger partial charge is 0.435 e. The van der Waals surface area contributed by atoms with Crippen LogP contribution in [-0.2, 0) is 9.53 Å². The van der Waals surface area contributed by atoms with Gasteiger partial charge in [-0.2, -0.15) is 9.59 Å². The van der Waals surface area contributed by atoms with Gasteiger partial charge in [-0.05, 0) is 33.6 Å². The molecule has 0 bridgehead atoms. The summed E-state index contributed by atoms with van der Waals surface area (Å²) in [6.07, 6.45) is 0.120. The van der Waals surface area contributed by atoms with Gasteiger partial charge in [0.2, 0.25) is 0 Å². The van der Waals surface area contributed by atoms with Gasteiger partial charge in [0.15, 0.2) is 12.3 Å². The van der Waals surface area contributed by atoms with Crippen LogP contribution in [0.3, 0.4) is 0 Å². The number of piperidine rings is 1. The molecule has 1 N–H and O–H groups in total. The minimum Gasteiger partial charge on any atom is -0.435 e. The van der Waals surface area contributed by atoms with E-state index in [2.05, 4.69) is 0 Å². The van der Waals surface area contributed by atoms with Gasteiger partial charge in [-0.1, -0.05) is 0 Å². The first-order valence-electron chi connectivity index (χ1n) is 6.04. The molecule has 0 radical (unpaired) electrons. The normalized spacial score (nSPS) is 28.5. The highest BCUT2D eigenvalue weighted by Crippen LogP contribution is 2.28. The van der Waals surface area contributed by atoms with Gasteiger partial charge in [0.1, 0.15) is 12.1 Å². The summed E-state index contributed by atoms with van der Waals surface area (Å²) in [6.45, 7) is 5.11. The van der Waals surface area contributed by atoms with Crippen LogP contribution in [0.2, 0.25) is 0 Å². The Balaban J connectivity index is 3.09. The summed E-state index contributed by atoms with van der Waals surface area (Å²) in [6, 6.07) is -0.855. The molecule has 1 heterocycles. The summed E-state index contributed by atoms with van der Waals surface area (Å²) in [4.78, 5) is 34.7. The summed E-state index contributed by atoms with van der Waals surface area (Å²) in [7, 11) is 0. The highest BCUT2D eigenvalue weighted by Gasteiger charge is 2.55. The zero-order chi connectivity index (χ0) is 14.0. The molecule has 6 heteroatoms. The van der Waals surface area contributed by atoms with Gasteiger partial charge in [-0.25, -0.2) is 0 Å².